The molecule has 1 atom stereocenters. The summed E-state index contributed by atoms with van der Waals surface area (Å²) >= 11 is 0. The first-order valence-electron chi connectivity index (χ1n) is 9.43. The van der Waals surface area contributed by atoms with Crippen molar-refractivity contribution in [1.82, 2.24) is 10.2 Å². The highest BCUT2D eigenvalue weighted by Crippen LogP contribution is 2.25. The molecule has 5 heteroatoms. The molecule has 0 bridgehead atoms. The van der Waals surface area contributed by atoms with E-state index in [0.717, 1.165) is 44.1 Å². The largest absolute Gasteiger partial charge is 0.494 e. The molecule has 0 amide bonds. The molecule has 1 aromatic heterocycles. The minimum Gasteiger partial charge on any atom is -0.494 e. The number of rotatable bonds is 10. The van der Waals surface area contributed by atoms with Crippen molar-refractivity contribution in [3.8, 4) is 11.8 Å². The van der Waals surface area contributed by atoms with Crippen molar-refractivity contribution < 1.29 is 9.15 Å². The number of furan rings is 1. The SMILES string of the molecule is N#CCCCOc1cccc(CNCC(c2ccco2)N2CCCC2)c1. The molecule has 0 saturated carbocycles. The Bertz CT molecular complexity index is 688. The number of hydrogen-bond donors (Lipinski definition) is 1. The molecule has 5 nitrogen and oxygen atoms in total. The van der Waals surface area contributed by atoms with E-state index in [4.69, 9.17) is 14.4 Å². The molecule has 3 rings (SSSR count). The van der Waals surface area contributed by atoms with Crippen molar-refractivity contribution in [2.45, 2.75) is 38.3 Å². The van der Waals surface area contributed by atoms with Gasteiger partial charge in [-0.25, -0.2) is 0 Å². The average Bonchev–Trinajstić information content (AvgIpc) is 3.37. The highest BCUT2D eigenvalue weighted by Gasteiger charge is 2.25. The van der Waals surface area contributed by atoms with E-state index in [1.165, 1.54) is 18.4 Å². The number of hydrogen-bond acceptors (Lipinski definition) is 5. The van der Waals surface area contributed by atoms with Gasteiger partial charge in [-0.1, -0.05) is 12.1 Å². The van der Waals surface area contributed by atoms with Gasteiger partial charge in [0.15, 0.2) is 0 Å². The van der Waals surface area contributed by atoms with Gasteiger partial charge in [0.05, 0.1) is 25.0 Å². The maximum Gasteiger partial charge on any atom is 0.122 e. The van der Waals surface area contributed by atoms with Crippen LogP contribution in [-0.2, 0) is 6.54 Å². The molecule has 1 fully saturated rings. The highest BCUT2D eigenvalue weighted by molar-refractivity contribution is 5.28. The van der Waals surface area contributed by atoms with Crippen LogP contribution in [0.3, 0.4) is 0 Å². The summed E-state index contributed by atoms with van der Waals surface area (Å²) in [6, 6.07) is 14.6. The van der Waals surface area contributed by atoms with E-state index in [0.29, 0.717) is 13.0 Å². The average molecular weight is 353 g/mol. The molecular weight excluding hydrogens is 326 g/mol. The van der Waals surface area contributed by atoms with Gasteiger partial charge in [-0.05, 0) is 62.2 Å². The van der Waals surface area contributed by atoms with Crippen molar-refractivity contribution >= 4 is 0 Å². The maximum absolute atomic E-state index is 8.57. The fourth-order valence-electron chi connectivity index (χ4n) is 3.38. The molecule has 1 aliphatic rings. The highest BCUT2D eigenvalue weighted by atomic mass is 16.5. The van der Waals surface area contributed by atoms with Crippen LogP contribution in [0, 0.1) is 11.3 Å². The third kappa shape index (κ3) is 5.35. The van der Waals surface area contributed by atoms with Crippen LogP contribution in [0.1, 0.15) is 43.0 Å². The zero-order chi connectivity index (χ0) is 18.0. The van der Waals surface area contributed by atoms with E-state index in [2.05, 4.69) is 34.5 Å². The van der Waals surface area contributed by atoms with Crippen LogP contribution in [0.2, 0.25) is 0 Å². The first kappa shape index (κ1) is 18.5. The number of likely N-dealkylation sites (tertiary alicyclic amines) is 1. The van der Waals surface area contributed by atoms with Gasteiger partial charge < -0.3 is 14.5 Å². The first-order chi connectivity index (χ1) is 12.9. The van der Waals surface area contributed by atoms with Gasteiger partial charge in [-0.15, -0.1) is 0 Å². The molecule has 2 aromatic rings. The smallest absolute Gasteiger partial charge is 0.122 e. The van der Waals surface area contributed by atoms with Crippen LogP contribution in [0.5, 0.6) is 5.75 Å². The van der Waals surface area contributed by atoms with Gasteiger partial charge >= 0.3 is 0 Å². The zero-order valence-electron chi connectivity index (χ0n) is 15.2. The minimum atomic E-state index is 0.290. The normalized spacial score (nSPS) is 15.7. The van der Waals surface area contributed by atoms with Crippen molar-refractivity contribution in [1.29, 1.82) is 5.26 Å². The number of benzene rings is 1. The van der Waals surface area contributed by atoms with E-state index < -0.39 is 0 Å². The molecule has 1 aliphatic heterocycles. The standard InChI is InChI=1S/C21H27N3O2/c22-10-1-4-13-25-19-8-5-7-18(15-19)16-23-17-20(21-9-6-14-26-21)24-11-2-3-12-24/h5-9,14-15,20,23H,1-4,11-13,16-17H2. The number of unbranched alkanes of at least 4 members (excludes halogenated alkanes) is 1. The maximum atomic E-state index is 8.57. The molecule has 1 N–H and O–H groups in total. The fourth-order valence-corrected chi connectivity index (χ4v) is 3.38. The third-order valence-electron chi connectivity index (χ3n) is 4.72. The van der Waals surface area contributed by atoms with E-state index in [-0.39, 0.29) is 6.04 Å². The monoisotopic (exact) mass is 353 g/mol. The van der Waals surface area contributed by atoms with Gasteiger partial charge in [0.2, 0.25) is 0 Å². The van der Waals surface area contributed by atoms with Gasteiger partial charge in [0, 0.05) is 19.5 Å². The number of nitrogens with one attached hydrogen (secondary N) is 1. The quantitative estimate of drug-likeness (QED) is 0.657. The van der Waals surface area contributed by atoms with Crippen molar-refractivity contribution in [3.63, 3.8) is 0 Å². The van der Waals surface area contributed by atoms with E-state index >= 15 is 0 Å². The molecule has 0 aliphatic carbocycles. The second-order valence-corrected chi connectivity index (χ2v) is 6.66. The van der Waals surface area contributed by atoms with Gasteiger partial charge in [0.25, 0.3) is 0 Å². The molecule has 1 unspecified atom stereocenters. The van der Waals surface area contributed by atoms with E-state index in [1.54, 1.807) is 6.26 Å². The minimum absolute atomic E-state index is 0.290. The lowest BCUT2D eigenvalue weighted by molar-refractivity contribution is 0.209. The summed E-state index contributed by atoms with van der Waals surface area (Å²) in [4.78, 5) is 2.50. The molecule has 0 spiro atoms. The Morgan fingerprint density at radius 2 is 2.12 bits per heavy atom. The Kier molecular flexibility index (Phi) is 7.12. The number of nitriles is 1. The second-order valence-electron chi connectivity index (χ2n) is 6.66. The van der Waals surface area contributed by atoms with Gasteiger partial charge in [-0.3, -0.25) is 4.90 Å². The molecule has 138 valence electrons. The summed E-state index contributed by atoms with van der Waals surface area (Å²) in [6.45, 7) is 4.51. The lowest BCUT2D eigenvalue weighted by Gasteiger charge is -2.26. The van der Waals surface area contributed by atoms with Crippen LogP contribution in [0.4, 0.5) is 0 Å². The number of ether oxygens (including phenoxy) is 1. The Morgan fingerprint density at radius 3 is 2.88 bits per heavy atom. The second kappa shape index (κ2) is 10.0. The molecule has 0 radical (unpaired) electrons. The van der Waals surface area contributed by atoms with Crippen LogP contribution < -0.4 is 10.1 Å². The topological polar surface area (TPSA) is 61.4 Å². The predicted octanol–water partition coefficient (Wildman–Crippen LogP) is 3.89. The van der Waals surface area contributed by atoms with Crippen LogP contribution in [0.15, 0.2) is 47.1 Å². The summed E-state index contributed by atoms with van der Waals surface area (Å²) in [5.74, 6) is 1.90. The molecule has 2 heterocycles. The number of nitrogens with zero attached hydrogens (tertiary/aromatic N) is 2. The molecule has 26 heavy (non-hydrogen) atoms. The van der Waals surface area contributed by atoms with Gasteiger partial charge in [-0.2, -0.15) is 5.26 Å². The van der Waals surface area contributed by atoms with Crippen LogP contribution in [0.25, 0.3) is 0 Å². The molecular formula is C21H27N3O2. The van der Waals surface area contributed by atoms with E-state index in [1.807, 2.05) is 18.2 Å². The predicted molar refractivity (Wildman–Crippen MR) is 101 cm³/mol. The lowest BCUT2D eigenvalue weighted by atomic mass is 10.1. The molecule has 1 aromatic carbocycles. The Hall–Kier alpha value is -2.29. The van der Waals surface area contributed by atoms with Crippen LogP contribution in [-0.4, -0.2) is 31.1 Å². The molecule has 1 saturated heterocycles. The zero-order valence-corrected chi connectivity index (χ0v) is 15.2. The van der Waals surface area contributed by atoms with Crippen molar-refractivity contribution in [2.75, 3.05) is 26.2 Å². The lowest BCUT2D eigenvalue weighted by Crippen LogP contribution is -2.33. The summed E-state index contributed by atoms with van der Waals surface area (Å²) in [5.41, 5.74) is 1.20. The summed E-state index contributed by atoms with van der Waals surface area (Å²) < 4.78 is 11.4. The van der Waals surface area contributed by atoms with Crippen LogP contribution >= 0.6 is 0 Å². The first-order valence-corrected chi connectivity index (χ1v) is 9.43. The van der Waals surface area contributed by atoms with Crippen molar-refractivity contribution in [2.24, 2.45) is 0 Å². The fraction of sp³-hybridized carbons (Fsp3) is 0.476. The Balaban J connectivity index is 1.50. The summed E-state index contributed by atoms with van der Waals surface area (Å²) in [5, 5.41) is 12.1. The third-order valence-corrected chi connectivity index (χ3v) is 4.72. The van der Waals surface area contributed by atoms with Gasteiger partial charge in [0.1, 0.15) is 11.5 Å². The summed E-state index contributed by atoms with van der Waals surface area (Å²) in [6.07, 6.45) is 5.59. The van der Waals surface area contributed by atoms with Crippen molar-refractivity contribution in [3.05, 3.63) is 54.0 Å². The summed E-state index contributed by atoms with van der Waals surface area (Å²) in [7, 11) is 0. The Morgan fingerprint density at radius 1 is 1.23 bits per heavy atom. The Labute approximate surface area is 155 Å². The van der Waals surface area contributed by atoms with E-state index in [9.17, 15) is 0 Å².